The van der Waals surface area contributed by atoms with E-state index in [0.717, 1.165) is 19.3 Å². The highest BCUT2D eigenvalue weighted by Gasteiger charge is 2.25. The second-order valence-electron chi connectivity index (χ2n) is 5.01. The lowest BCUT2D eigenvalue weighted by Crippen LogP contribution is -2.33. The van der Waals surface area contributed by atoms with Crippen LogP contribution in [0.1, 0.15) is 24.8 Å². The predicted octanol–water partition coefficient (Wildman–Crippen LogP) is 1.87. The van der Waals surface area contributed by atoms with Crippen molar-refractivity contribution in [2.24, 2.45) is 5.92 Å². The van der Waals surface area contributed by atoms with Gasteiger partial charge in [-0.15, -0.1) is 0 Å². The van der Waals surface area contributed by atoms with Crippen LogP contribution >= 0.6 is 11.6 Å². The fourth-order valence-electron chi connectivity index (χ4n) is 2.42. The lowest BCUT2D eigenvalue weighted by Gasteiger charge is -2.15. The maximum absolute atomic E-state index is 11.8. The molecule has 0 heterocycles. The molecule has 5 heteroatoms. The summed E-state index contributed by atoms with van der Waals surface area (Å²) in [6.07, 6.45) is 2.69. The molecule has 2 atom stereocenters. The number of phenolic OH excluding ortho intramolecular Hbond substituents is 1. The molecule has 3 N–H and O–H groups in total. The summed E-state index contributed by atoms with van der Waals surface area (Å²) in [5.41, 5.74) is 0.684. The van der Waals surface area contributed by atoms with Crippen molar-refractivity contribution < 1.29 is 15.0 Å². The van der Waals surface area contributed by atoms with Gasteiger partial charge in [-0.05, 0) is 30.5 Å². The fourth-order valence-corrected chi connectivity index (χ4v) is 2.66. The van der Waals surface area contributed by atoms with Gasteiger partial charge in [-0.25, -0.2) is 0 Å². The van der Waals surface area contributed by atoms with Crippen molar-refractivity contribution in [2.75, 3.05) is 6.54 Å². The van der Waals surface area contributed by atoms with E-state index in [1.54, 1.807) is 6.07 Å². The molecule has 0 radical (unpaired) electrons. The molecule has 1 amide bonds. The van der Waals surface area contributed by atoms with Crippen LogP contribution in [0.3, 0.4) is 0 Å². The van der Waals surface area contributed by atoms with E-state index in [9.17, 15) is 15.0 Å². The smallest absolute Gasteiger partial charge is 0.224 e. The van der Waals surface area contributed by atoms with Gasteiger partial charge in [-0.3, -0.25) is 4.79 Å². The van der Waals surface area contributed by atoms with Crippen LogP contribution in [-0.2, 0) is 11.2 Å². The van der Waals surface area contributed by atoms with Crippen molar-refractivity contribution in [3.05, 3.63) is 28.8 Å². The first kappa shape index (κ1) is 14.2. The van der Waals surface area contributed by atoms with Crippen molar-refractivity contribution in [3.63, 3.8) is 0 Å². The fraction of sp³-hybridized carbons (Fsp3) is 0.500. The minimum atomic E-state index is -0.294. The Hall–Kier alpha value is -1.26. The third-order valence-corrected chi connectivity index (χ3v) is 3.92. The van der Waals surface area contributed by atoms with Gasteiger partial charge in [-0.1, -0.05) is 24.1 Å². The molecule has 104 valence electrons. The van der Waals surface area contributed by atoms with Crippen molar-refractivity contribution in [1.82, 2.24) is 5.32 Å². The van der Waals surface area contributed by atoms with Gasteiger partial charge in [0.1, 0.15) is 5.75 Å². The van der Waals surface area contributed by atoms with Crippen LogP contribution in [0, 0.1) is 5.92 Å². The van der Waals surface area contributed by atoms with E-state index in [2.05, 4.69) is 5.32 Å². The Balaban J connectivity index is 1.84. The third kappa shape index (κ3) is 3.85. The number of carbonyl (C=O) groups excluding carboxylic acids is 1. The SMILES string of the molecule is O=C(Cc1ccc(O)cc1Cl)NCC1CCCC1O. The van der Waals surface area contributed by atoms with E-state index in [1.165, 1.54) is 12.1 Å². The highest BCUT2D eigenvalue weighted by Crippen LogP contribution is 2.25. The molecule has 0 bridgehead atoms. The molecule has 0 spiro atoms. The van der Waals surface area contributed by atoms with E-state index >= 15 is 0 Å². The summed E-state index contributed by atoms with van der Waals surface area (Å²) < 4.78 is 0. The summed E-state index contributed by atoms with van der Waals surface area (Å²) in [6, 6.07) is 4.57. The lowest BCUT2D eigenvalue weighted by atomic mass is 10.1. The Labute approximate surface area is 117 Å². The molecule has 0 aromatic heterocycles. The van der Waals surface area contributed by atoms with Gasteiger partial charge in [0.15, 0.2) is 0 Å². The predicted molar refractivity (Wildman–Crippen MR) is 73.2 cm³/mol. The Morgan fingerprint density at radius 3 is 2.84 bits per heavy atom. The van der Waals surface area contributed by atoms with Gasteiger partial charge < -0.3 is 15.5 Å². The van der Waals surface area contributed by atoms with E-state index in [1.807, 2.05) is 0 Å². The standard InChI is InChI=1S/C14H18ClNO3/c15-12-7-11(17)5-4-9(12)6-14(19)16-8-10-2-1-3-13(10)18/h4-5,7,10,13,17-18H,1-3,6,8H2,(H,16,19). The number of aliphatic hydroxyl groups is 1. The zero-order valence-electron chi connectivity index (χ0n) is 10.6. The molecular weight excluding hydrogens is 266 g/mol. The van der Waals surface area contributed by atoms with Crippen molar-refractivity contribution in [2.45, 2.75) is 31.8 Å². The van der Waals surface area contributed by atoms with Crippen molar-refractivity contribution in [3.8, 4) is 5.75 Å². The number of hydrogen-bond acceptors (Lipinski definition) is 3. The van der Waals surface area contributed by atoms with Crippen LogP contribution < -0.4 is 5.32 Å². The quantitative estimate of drug-likeness (QED) is 0.790. The molecule has 1 fully saturated rings. The van der Waals surface area contributed by atoms with Gasteiger partial charge >= 0.3 is 0 Å². The topological polar surface area (TPSA) is 69.6 Å². The zero-order valence-corrected chi connectivity index (χ0v) is 11.4. The van der Waals surface area contributed by atoms with Gasteiger partial charge in [-0.2, -0.15) is 0 Å². The van der Waals surface area contributed by atoms with Gasteiger partial charge in [0, 0.05) is 17.5 Å². The molecule has 19 heavy (non-hydrogen) atoms. The summed E-state index contributed by atoms with van der Waals surface area (Å²) in [7, 11) is 0. The average molecular weight is 284 g/mol. The first-order valence-corrected chi connectivity index (χ1v) is 6.86. The van der Waals surface area contributed by atoms with Gasteiger partial charge in [0.2, 0.25) is 5.91 Å². The molecule has 2 unspecified atom stereocenters. The third-order valence-electron chi connectivity index (χ3n) is 3.57. The lowest BCUT2D eigenvalue weighted by molar-refractivity contribution is -0.120. The summed E-state index contributed by atoms with van der Waals surface area (Å²) in [4.78, 5) is 11.8. The minimum absolute atomic E-state index is 0.0863. The van der Waals surface area contributed by atoms with Crippen molar-refractivity contribution in [1.29, 1.82) is 0 Å². The average Bonchev–Trinajstić information content (AvgIpc) is 2.76. The Bertz CT molecular complexity index is 464. The second-order valence-corrected chi connectivity index (χ2v) is 5.42. The summed E-state index contributed by atoms with van der Waals surface area (Å²) in [5.74, 6) is 0.133. The summed E-state index contributed by atoms with van der Waals surface area (Å²) >= 11 is 5.94. The minimum Gasteiger partial charge on any atom is -0.508 e. The number of carbonyl (C=O) groups is 1. The van der Waals surface area contributed by atoms with Crippen molar-refractivity contribution >= 4 is 17.5 Å². The van der Waals surface area contributed by atoms with E-state index in [4.69, 9.17) is 11.6 Å². The Morgan fingerprint density at radius 2 is 2.21 bits per heavy atom. The molecule has 1 aromatic rings. The maximum Gasteiger partial charge on any atom is 0.224 e. The van der Waals surface area contributed by atoms with Crippen LogP contribution in [0.2, 0.25) is 5.02 Å². The number of aliphatic hydroxyl groups excluding tert-OH is 1. The number of nitrogens with one attached hydrogen (secondary N) is 1. The second kappa shape index (κ2) is 6.26. The van der Waals surface area contributed by atoms with Crippen LogP contribution in [0.4, 0.5) is 0 Å². The number of aromatic hydroxyl groups is 1. The molecule has 1 aliphatic carbocycles. The molecule has 4 nitrogen and oxygen atoms in total. The molecule has 1 aromatic carbocycles. The van der Waals surface area contributed by atoms with Crippen LogP contribution in [0.5, 0.6) is 5.75 Å². The summed E-state index contributed by atoms with van der Waals surface area (Å²) in [5, 5.41) is 22.1. The molecule has 0 aliphatic heterocycles. The molecule has 1 saturated carbocycles. The summed E-state index contributed by atoms with van der Waals surface area (Å²) in [6.45, 7) is 0.510. The number of halogens is 1. The van der Waals surface area contributed by atoms with E-state index < -0.39 is 0 Å². The largest absolute Gasteiger partial charge is 0.508 e. The highest BCUT2D eigenvalue weighted by molar-refractivity contribution is 6.31. The molecule has 2 rings (SSSR count). The monoisotopic (exact) mass is 283 g/mol. The zero-order chi connectivity index (χ0) is 13.8. The molecular formula is C14H18ClNO3. The normalized spacial score (nSPS) is 22.4. The molecule has 1 aliphatic rings. The van der Waals surface area contributed by atoms with Gasteiger partial charge in [0.25, 0.3) is 0 Å². The first-order valence-electron chi connectivity index (χ1n) is 6.48. The van der Waals surface area contributed by atoms with Crippen LogP contribution in [0.25, 0.3) is 0 Å². The Morgan fingerprint density at radius 1 is 1.42 bits per heavy atom. The van der Waals surface area contributed by atoms with Crippen LogP contribution in [-0.4, -0.2) is 28.8 Å². The first-order chi connectivity index (χ1) is 9.06. The number of phenols is 1. The Kier molecular flexibility index (Phi) is 4.66. The van der Waals surface area contributed by atoms with Crippen LogP contribution in [0.15, 0.2) is 18.2 Å². The molecule has 0 saturated heterocycles. The number of rotatable bonds is 4. The number of benzene rings is 1. The van der Waals surface area contributed by atoms with E-state index in [0.29, 0.717) is 17.1 Å². The number of amides is 1. The number of hydrogen-bond donors (Lipinski definition) is 3. The highest BCUT2D eigenvalue weighted by atomic mass is 35.5. The maximum atomic E-state index is 11.8. The van der Waals surface area contributed by atoms with Gasteiger partial charge in [0.05, 0.1) is 12.5 Å². The van der Waals surface area contributed by atoms with E-state index in [-0.39, 0.29) is 30.1 Å².